The van der Waals surface area contributed by atoms with Crippen LogP contribution in [0.2, 0.25) is 0 Å². The summed E-state index contributed by atoms with van der Waals surface area (Å²) in [5.41, 5.74) is 0. The predicted molar refractivity (Wildman–Crippen MR) is 55.7 cm³/mol. The second kappa shape index (κ2) is 6.00. The molecule has 0 heterocycles. The third kappa shape index (κ3) is 3.65. The lowest BCUT2D eigenvalue weighted by Crippen LogP contribution is -2.40. The molecule has 14 heavy (non-hydrogen) atoms. The van der Waals surface area contributed by atoms with E-state index < -0.39 is 0 Å². The maximum absolute atomic E-state index is 9.34. The third-order valence-corrected chi connectivity index (χ3v) is 3.00. The van der Waals surface area contributed by atoms with Crippen molar-refractivity contribution < 1.29 is 5.11 Å². The van der Waals surface area contributed by atoms with Gasteiger partial charge in [-0.1, -0.05) is 6.92 Å². The summed E-state index contributed by atoms with van der Waals surface area (Å²) in [6.45, 7) is 2.10. The molecular formula is C11H20N2O. The highest BCUT2D eigenvalue weighted by Crippen LogP contribution is 2.19. The van der Waals surface area contributed by atoms with E-state index in [0.29, 0.717) is 18.5 Å². The maximum Gasteiger partial charge on any atom is 0.0638 e. The predicted octanol–water partition coefficient (Wildman–Crippen LogP) is 1.57. The van der Waals surface area contributed by atoms with Gasteiger partial charge in [-0.2, -0.15) is 5.26 Å². The van der Waals surface area contributed by atoms with Gasteiger partial charge < -0.3 is 10.4 Å². The van der Waals surface area contributed by atoms with Crippen molar-refractivity contribution in [1.29, 1.82) is 5.26 Å². The minimum atomic E-state index is -0.0934. The number of hydrogen-bond donors (Lipinski definition) is 2. The summed E-state index contributed by atoms with van der Waals surface area (Å²) in [6, 6.07) is 3.05. The molecule has 0 aromatic rings. The highest BCUT2D eigenvalue weighted by molar-refractivity contribution is 4.84. The van der Waals surface area contributed by atoms with Gasteiger partial charge >= 0.3 is 0 Å². The fourth-order valence-corrected chi connectivity index (χ4v) is 2.01. The van der Waals surface area contributed by atoms with Crippen LogP contribution in [0.15, 0.2) is 0 Å². The molecule has 1 atom stereocenters. The summed E-state index contributed by atoms with van der Waals surface area (Å²) >= 11 is 0. The average Bonchev–Trinajstić information content (AvgIpc) is 2.20. The number of nitrogens with one attached hydrogen (secondary N) is 1. The zero-order valence-corrected chi connectivity index (χ0v) is 8.87. The summed E-state index contributed by atoms with van der Waals surface area (Å²) in [5, 5.41) is 21.4. The van der Waals surface area contributed by atoms with Crippen molar-refractivity contribution in [3.63, 3.8) is 0 Å². The van der Waals surface area contributed by atoms with Gasteiger partial charge in [-0.3, -0.25) is 0 Å². The maximum atomic E-state index is 9.34. The molecule has 80 valence electrons. The zero-order chi connectivity index (χ0) is 10.4. The highest BCUT2D eigenvalue weighted by atomic mass is 16.3. The fourth-order valence-electron chi connectivity index (χ4n) is 2.01. The molecule has 1 aliphatic rings. The van der Waals surface area contributed by atoms with Crippen molar-refractivity contribution in [2.24, 2.45) is 0 Å². The van der Waals surface area contributed by atoms with Crippen molar-refractivity contribution in [3.05, 3.63) is 0 Å². The molecule has 2 N–H and O–H groups in total. The summed E-state index contributed by atoms with van der Waals surface area (Å²) < 4.78 is 0. The Balaban J connectivity index is 2.25. The second-order valence-corrected chi connectivity index (χ2v) is 4.14. The van der Waals surface area contributed by atoms with Crippen LogP contribution in [0.5, 0.6) is 0 Å². The fraction of sp³-hybridized carbons (Fsp3) is 0.909. The number of aliphatic hydroxyl groups is 1. The minimum Gasteiger partial charge on any atom is -0.393 e. The highest BCUT2D eigenvalue weighted by Gasteiger charge is 2.20. The molecule has 3 heteroatoms. The van der Waals surface area contributed by atoms with Crippen molar-refractivity contribution in [2.45, 2.75) is 63.6 Å². The van der Waals surface area contributed by atoms with Crippen molar-refractivity contribution in [2.75, 3.05) is 0 Å². The molecule has 0 bridgehead atoms. The van der Waals surface area contributed by atoms with Gasteiger partial charge in [-0.15, -0.1) is 0 Å². The lowest BCUT2D eigenvalue weighted by molar-refractivity contribution is 0.114. The Morgan fingerprint density at radius 3 is 2.57 bits per heavy atom. The Labute approximate surface area is 86.1 Å². The zero-order valence-electron chi connectivity index (χ0n) is 8.87. The van der Waals surface area contributed by atoms with Crippen LogP contribution in [0.25, 0.3) is 0 Å². The van der Waals surface area contributed by atoms with Crippen LogP contribution in [0.3, 0.4) is 0 Å². The number of nitriles is 1. The van der Waals surface area contributed by atoms with Gasteiger partial charge in [-0.25, -0.2) is 0 Å². The standard InChI is InChI=1S/C11H20N2O/c1-2-9(7-8-12)13-10-3-5-11(14)6-4-10/h9-11,13-14H,2-7H2,1H3. The van der Waals surface area contributed by atoms with Crippen molar-refractivity contribution in [3.8, 4) is 6.07 Å². The molecule has 0 spiro atoms. The Hall–Kier alpha value is -0.590. The topological polar surface area (TPSA) is 56.0 Å². The lowest BCUT2D eigenvalue weighted by Gasteiger charge is -2.29. The van der Waals surface area contributed by atoms with Crippen LogP contribution in [0, 0.1) is 11.3 Å². The third-order valence-electron chi connectivity index (χ3n) is 3.00. The summed E-state index contributed by atoms with van der Waals surface area (Å²) in [6.07, 6.45) is 5.40. The first-order chi connectivity index (χ1) is 6.76. The molecule has 3 nitrogen and oxygen atoms in total. The summed E-state index contributed by atoms with van der Waals surface area (Å²) in [5.74, 6) is 0. The average molecular weight is 196 g/mol. The van der Waals surface area contributed by atoms with E-state index in [1.165, 1.54) is 0 Å². The van der Waals surface area contributed by atoms with E-state index in [0.717, 1.165) is 32.1 Å². The monoisotopic (exact) mass is 196 g/mol. The van der Waals surface area contributed by atoms with Crippen LogP contribution in [-0.4, -0.2) is 23.3 Å². The van der Waals surface area contributed by atoms with E-state index in [2.05, 4.69) is 18.3 Å². The quantitative estimate of drug-likeness (QED) is 0.717. The molecule has 0 saturated heterocycles. The molecule has 0 aromatic heterocycles. The van der Waals surface area contributed by atoms with E-state index in [4.69, 9.17) is 5.26 Å². The first kappa shape index (κ1) is 11.5. The normalized spacial score (nSPS) is 29.5. The van der Waals surface area contributed by atoms with Crippen LogP contribution in [0.4, 0.5) is 0 Å². The summed E-state index contributed by atoms with van der Waals surface area (Å²) in [7, 11) is 0. The van der Waals surface area contributed by atoms with E-state index in [9.17, 15) is 5.11 Å². The minimum absolute atomic E-state index is 0.0934. The molecule has 0 amide bonds. The van der Waals surface area contributed by atoms with Crippen LogP contribution in [-0.2, 0) is 0 Å². The molecule has 1 fully saturated rings. The van der Waals surface area contributed by atoms with Crippen LogP contribution < -0.4 is 5.32 Å². The molecule has 0 aromatic carbocycles. The van der Waals surface area contributed by atoms with E-state index in [-0.39, 0.29) is 6.10 Å². The molecule has 1 saturated carbocycles. The van der Waals surface area contributed by atoms with Crippen molar-refractivity contribution >= 4 is 0 Å². The van der Waals surface area contributed by atoms with E-state index >= 15 is 0 Å². The Kier molecular flexibility index (Phi) is 4.92. The lowest BCUT2D eigenvalue weighted by atomic mass is 9.92. The number of aliphatic hydroxyl groups excluding tert-OH is 1. The molecule has 1 aliphatic carbocycles. The number of nitrogens with zero attached hydrogens (tertiary/aromatic N) is 1. The second-order valence-electron chi connectivity index (χ2n) is 4.14. The number of hydrogen-bond acceptors (Lipinski definition) is 3. The van der Waals surface area contributed by atoms with Gasteiger partial charge in [-0.05, 0) is 32.1 Å². The molecular weight excluding hydrogens is 176 g/mol. The molecule has 0 aliphatic heterocycles. The first-order valence-corrected chi connectivity index (χ1v) is 5.57. The Bertz CT molecular complexity index is 192. The van der Waals surface area contributed by atoms with Gasteiger partial charge in [0.25, 0.3) is 0 Å². The smallest absolute Gasteiger partial charge is 0.0638 e. The van der Waals surface area contributed by atoms with Crippen molar-refractivity contribution in [1.82, 2.24) is 5.32 Å². The van der Waals surface area contributed by atoms with E-state index in [1.54, 1.807) is 0 Å². The number of rotatable bonds is 4. The van der Waals surface area contributed by atoms with Gasteiger partial charge in [0.1, 0.15) is 0 Å². The van der Waals surface area contributed by atoms with Gasteiger partial charge in [0.2, 0.25) is 0 Å². The summed E-state index contributed by atoms with van der Waals surface area (Å²) in [4.78, 5) is 0. The van der Waals surface area contributed by atoms with Crippen LogP contribution >= 0.6 is 0 Å². The molecule has 0 radical (unpaired) electrons. The molecule has 1 unspecified atom stereocenters. The Morgan fingerprint density at radius 2 is 2.07 bits per heavy atom. The van der Waals surface area contributed by atoms with Gasteiger partial charge in [0, 0.05) is 12.1 Å². The first-order valence-electron chi connectivity index (χ1n) is 5.57. The largest absolute Gasteiger partial charge is 0.393 e. The van der Waals surface area contributed by atoms with Gasteiger partial charge in [0.15, 0.2) is 0 Å². The van der Waals surface area contributed by atoms with E-state index in [1.807, 2.05) is 0 Å². The SMILES string of the molecule is CCC(CC#N)NC1CCC(O)CC1. The Morgan fingerprint density at radius 1 is 1.43 bits per heavy atom. The molecule has 1 rings (SSSR count). The van der Waals surface area contributed by atoms with Crippen LogP contribution in [0.1, 0.15) is 45.4 Å². The van der Waals surface area contributed by atoms with Gasteiger partial charge in [0.05, 0.1) is 18.6 Å².